The van der Waals surface area contributed by atoms with Gasteiger partial charge in [0.05, 0.1) is 22.1 Å². The zero-order valence-corrected chi connectivity index (χ0v) is 19.7. The number of ketones is 1. The van der Waals surface area contributed by atoms with Crippen LogP contribution in [-0.4, -0.2) is 66.8 Å². The molecule has 33 heavy (non-hydrogen) atoms. The number of hydrogen-bond acceptors (Lipinski definition) is 8. The van der Waals surface area contributed by atoms with Crippen LogP contribution in [0.5, 0.6) is 0 Å². The summed E-state index contributed by atoms with van der Waals surface area (Å²) in [5.74, 6) is 1.31. The van der Waals surface area contributed by atoms with Gasteiger partial charge in [0.15, 0.2) is 15.6 Å². The van der Waals surface area contributed by atoms with Gasteiger partial charge >= 0.3 is 0 Å². The van der Waals surface area contributed by atoms with Gasteiger partial charge in [-0.05, 0) is 29.5 Å². The molecule has 0 amide bonds. The van der Waals surface area contributed by atoms with E-state index in [1.807, 2.05) is 24.3 Å². The third-order valence-electron chi connectivity index (χ3n) is 5.81. The molecule has 0 saturated carbocycles. The van der Waals surface area contributed by atoms with E-state index < -0.39 is 9.84 Å². The largest absolute Gasteiger partial charge is 0.383 e. The van der Waals surface area contributed by atoms with Gasteiger partial charge in [0.2, 0.25) is 0 Å². The first-order chi connectivity index (χ1) is 15.8. The topological polar surface area (TPSA) is 118 Å². The first kappa shape index (κ1) is 23.4. The van der Waals surface area contributed by atoms with Crippen molar-refractivity contribution in [3.8, 4) is 0 Å². The Balaban J connectivity index is 1.37. The number of fused-ring (bicyclic) bond motifs is 1. The number of aromatic nitrogens is 2. The highest BCUT2D eigenvalue weighted by molar-refractivity contribution is 7.91. The highest BCUT2D eigenvalue weighted by Crippen LogP contribution is 2.23. The van der Waals surface area contributed by atoms with Crippen LogP contribution in [0.1, 0.15) is 22.3 Å². The predicted molar refractivity (Wildman–Crippen MR) is 132 cm³/mol. The maximum Gasteiger partial charge on any atom is 0.166 e. The van der Waals surface area contributed by atoms with Crippen LogP contribution in [0.15, 0.2) is 42.7 Å². The summed E-state index contributed by atoms with van der Waals surface area (Å²) in [7, 11) is -2.90. The van der Waals surface area contributed by atoms with E-state index >= 15 is 0 Å². The quantitative estimate of drug-likeness (QED) is 0.465. The van der Waals surface area contributed by atoms with Crippen molar-refractivity contribution in [2.75, 3.05) is 48.7 Å². The van der Waals surface area contributed by atoms with Gasteiger partial charge in [-0.3, -0.25) is 9.69 Å². The van der Waals surface area contributed by atoms with Crippen LogP contribution >= 0.6 is 11.6 Å². The van der Waals surface area contributed by atoms with Crippen molar-refractivity contribution in [3.05, 3.63) is 58.9 Å². The minimum absolute atomic E-state index is 0.0501. The second-order valence-corrected chi connectivity index (χ2v) is 10.9. The first-order valence-electron chi connectivity index (χ1n) is 10.8. The van der Waals surface area contributed by atoms with Crippen molar-refractivity contribution in [1.82, 2.24) is 14.9 Å². The van der Waals surface area contributed by atoms with Crippen molar-refractivity contribution >= 4 is 49.6 Å². The van der Waals surface area contributed by atoms with Gasteiger partial charge in [-0.1, -0.05) is 29.8 Å². The number of nitrogens with two attached hydrogens (primary N) is 1. The predicted octanol–water partition coefficient (Wildman–Crippen LogP) is 2.82. The number of nitrogens with one attached hydrogen (secondary N) is 1. The third kappa shape index (κ3) is 5.98. The Hall–Kier alpha value is -2.75. The molecule has 0 unspecified atom stereocenters. The standard InChI is InChI=1S/C23H26ClN5O3S/c24-18-14-20(23(28-15-18)27-7-8-29-9-11-33(31,32)12-10-29)21(30)4-2-16-1-3-19-17(13-16)5-6-26-22(19)25/h1,3,5-6,13-15H,2,4,7-12H2,(H2,25,26)(H,27,28). The number of Topliss-reactive ketones (excluding diaryl/α,β-unsaturated/α-hetero) is 1. The number of nitrogens with zero attached hydrogens (tertiary/aromatic N) is 3. The van der Waals surface area contributed by atoms with Crippen molar-refractivity contribution < 1.29 is 13.2 Å². The van der Waals surface area contributed by atoms with Crippen molar-refractivity contribution in [3.63, 3.8) is 0 Å². The summed E-state index contributed by atoms with van der Waals surface area (Å²) in [5.41, 5.74) is 7.40. The number of sulfone groups is 1. The van der Waals surface area contributed by atoms with E-state index in [0.29, 0.717) is 61.2 Å². The minimum atomic E-state index is -2.90. The van der Waals surface area contributed by atoms with Gasteiger partial charge in [-0.15, -0.1) is 0 Å². The van der Waals surface area contributed by atoms with Crippen LogP contribution < -0.4 is 11.1 Å². The number of nitrogen functional groups attached to an aromatic ring is 1. The molecule has 8 nitrogen and oxygen atoms in total. The number of pyridine rings is 2. The van der Waals surface area contributed by atoms with E-state index in [-0.39, 0.29) is 17.3 Å². The summed E-state index contributed by atoms with van der Waals surface area (Å²) in [6.07, 6.45) is 4.07. The molecule has 2 aromatic heterocycles. The Morgan fingerprint density at radius 3 is 2.73 bits per heavy atom. The molecule has 174 valence electrons. The highest BCUT2D eigenvalue weighted by atomic mass is 35.5. The lowest BCUT2D eigenvalue weighted by atomic mass is 10.0. The molecule has 0 atom stereocenters. The normalized spacial score (nSPS) is 16.0. The summed E-state index contributed by atoms with van der Waals surface area (Å²) in [6, 6.07) is 9.45. The molecule has 0 bridgehead atoms. The lowest BCUT2D eigenvalue weighted by Crippen LogP contribution is -2.42. The zero-order valence-electron chi connectivity index (χ0n) is 18.1. The van der Waals surface area contributed by atoms with Gasteiger partial charge in [0, 0.05) is 50.4 Å². The molecule has 1 saturated heterocycles. The van der Waals surface area contributed by atoms with E-state index in [2.05, 4.69) is 20.2 Å². The van der Waals surface area contributed by atoms with Crippen molar-refractivity contribution in [1.29, 1.82) is 0 Å². The number of carbonyl (C=O) groups excluding carboxylic acids is 1. The minimum Gasteiger partial charge on any atom is -0.383 e. The summed E-state index contributed by atoms with van der Waals surface area (Å²) >= 11 is 6.12. The average Bonchev–Trinajstić information content (AvgIpc) is 2.79. The van der Waals surface area contributed by atoms with E-state index in [1.165, 1.54) is 6.20 Å². The van der Waals surface area contributed by atoms with Gasteiger partial charge in [-0.2, -0.15) is 0 Å². The molecule has 1 aliphatic rings. The summed E-state index contributed by atoms with van der Waals surface area (Å²) in [6.45, 7) is 2.27. The second kappa shape index (κ2) is 10.0. The van der Waals surface area contributed by atoms with Crippen LogP contribution in [0.25, 0.3) is 10.8 Å². The van der Waals surface area contributed by atoms with Gasteiger partial charge in [-0.25, -0.2) is 18.4 Å². The molecule has 3 heterocycles. The number of benzene rings is 1. The van der Waals surface area contributed by atoms with E-state index in [9.17, 15) is 13.2 Å². The fraction of sp³-hybridized carbons (Fsp3) is 0.348. The van der Waals surface area contributed by atoms with Gasteiger partial charge in [0.1, 0.15) is 11.6 Å². The number of halogens is 1. The molecular formula is C23H26ClN5O3S. The van der Waals surface area contributed by atoms with Crippen LogP contribution in [0.2, 0.25) is 5.02 Å². The molecule has 1 fully saturated rings. The lowest BCUT2D eigenvalue weighted by Gasteiger charge is -2.26. The van der Waals surface area contributed by atoms with E-state index in [4.69, 9.17) is 17.3 Å². The Labute approximate surface area is 198 Å². The molecule has 1 aromatic carbocycles. The molecule has 3 N–H and O–H groups in total. The Kier molecular flexibility index (Phi) is 7.11. The molecule has 0 aliphatic carbocycles. The maximum atomic E-state index is 13.0. The van der Waals surface area contributed by atoms with Crippen LogP contribution in [0.4, 0.5) is 11.6 Å². The zero-order chi connectivity index (χ0) is 23.4. The highest BCUT2D eigenvalue weighted by Gasteiger charge is 2.21. The average molecular weight is 488 g/mol. The molecule has 1 aliphatic heterocycles. The van der Waals surface area contributed by atoms with E-state index in [1.54, 1.807) is 12.3 Å². The molecule has 10 heteroatoms. The lowest BCUT2D eigenvalue weighted by molar-refractivity contribution is 0.0983. The first-order valence-corrected chi connectivity index (χ1v) is 13.0. The Morgan fingerprint density at radius 1 is 1.15 bits per heavy atom. The Bertz CT molecular complexity index is 1270. The summed E-state index contributed by atoms with van der Waals surface area (Å²) in [4.78, 5) is 23.5. The SMILES string of the molecule is Nc1nccc2cc(CCC(=O)c3cc(Cl)cnc3NCCN3CCS(=O)(=O)CC3)ccc12. The van der Waals surface area contributed by atoms with Crippen molar-refractivity contribution in [2.24, 2.45) is 0 Å². The number of aryl methyl sites for hydroxylation is 1. The molecule has 0 spiro atoms. The van der Waals surface area contributed by atoms with Crippen LogP contribution in [0, 0.1) is 0 Å². The smallest absolute Gasteiger partial charge is 0.166 e. The van der Waals surface area contributed by atoms with E-state index in [0.717, 1.165) is 16.3 Å². The number of anilines is 2. The summed E-state index contributed by atoms with van der Waals surface area (Å²) in [5, 5.41) is 5.50. The molecular weight excluding hydrogens is 462 g/mol. The fourth-order valence-corrected chi connectivity index (χ4v) is 5.33. The Morgan fingerprint density at radius 2 is 1.94 bits per heavy atom. The van der Waals surface area contributed by atoms with Crippen LogP contribution in [-0.2, 0) is 16.3 Å². The molecule has 4 rings (SSSR count). The number of carbonyl (C=O) groups is 1. The van der Waals surface area contributed by atoms with Crippen LogP contribution in [0.3, 0.4) is 0 Å². The van der Waals surface area contributed by atoms with Gasteiger partial charge < -0.3 is 11.1 Å². The van der Waals surface area contributed by atoms with Crippen molar-refractivity contribution in [2.45, 2.75) is 12.8 Å². The molecule has 3 aromatic rings. The summed E-state index contributed by atoms with van der Waals surface area (Å²) < 4.78 is 23.2. The number of rotatable bonds is 8. The monoisotopic (exact) mass is 487 g/mol. The fourth-order valence-electron chi connectivity index (χ4n) is 3.90. The second-order valence-electron chi connectivity index (χ2n) is 8.14. The van der Waals surface area contributed by atoms with Gasteiger partial charge in [0.25, 0.3) is 0 Å². The third-order valence-corrected chi connectivity index (χ3v) is 7.63. The maximum absolute atomic E-state index is 13.0. The molecule has 0 radical (unpaired) electrons. The number of hydrogen-bond donors (Lipinski definition) is 2.